The van der Waals surface area contributed by atoms with Crippen LogP contribution < -0.4 is 11.1 Å². The van der Waals surface area contributed by atoms with Crippen molar-refractivity contribution in [1.82, 2.24) is 0 Å². The van der Waals surface area contributed by atoms with Gasteiger partial charge in [0.2, 0.25) is 5.91 Å². The zero-order valence-electron chi connectivity index (χ0n) is 11.1. The normalized spacial score (nSPS) is 16.9. The van der Waals surface area contributed by atoms with Gasteiger partial charge in [-0.15, -0.1) is 0 Å². The summed E-state index contributed by atoms with van der Waals surface area (Å²) in [5.74, 6) is -0.180. The first kappa shape index (κ1) is 14.0. The number of amides is 1. The van der Waals surface area contributed by atoms with Crippen molar-refractivity contribution in [1.29, 1.82) is 0 Å². The highest BCUT2D eigenvalue weighted by Crippen LogP contribution is 2.24. The summed E-state index contributed by atoms with van der Waals surface area (Å²) in [5, 5.41) is 2.88. The fourth-order valence-electron chi connectivity index (χ4n) is 2.59. The van der Waals surface area contributed by atoms with Crippen molar-refractivity contribution >= 4 is 11.6 Å². The molecule has 0 spiro atoms. The van der Waals surface area contributed by atoms with E-state index in [1.54, 1.807) is 12.1 Å². The van der Waals surface area contributed by atoms with Crippen LogP contribution in [0.2, 0.25) is 0 Å². The standard InChI is InChI=1S/C15H21FN2O/c16-14-8-7-13(9-12(14)10-17)18-15(19)11-5-3-1-2-4-6-11/h7-9,11H,1-6,10,17H2,(H,18,19). The van der Waals surface area contributed by atoms with E-state index in [0.717, 1.165) is 25.7 Å². The van der Waals surface area contributed by atoms with Crippen molar-refractivity contribution in [2.24, 2.45) is 11.7 Å². The van der Waals surface area contributed by atoms with Gasteiger partial charge in [-0.1, -0.05) is 25.7 Å². The molecule has 19 heavy (non-hydrogen) atoms. The smallest absolute Gasteiger partial charge is 0.227 e. The van der Waals surface area contributed by atoms with E-state index in [1.807, 2.05) is 0 Å². The first-order valence-electron chi connectivity index (χ1n) is 7.00. The van der Waals surface area contributed by atoms with Gasteiger partial charge in [-0.05, 0) is 31.0 Å². The summed E-state index contributed by atoms with van der Waals surface area (Å²) in [7, 11) is 0. The lowest BCUT2D eigenvalue weighted by molar-refractivity contribution is -0.120. The zero-order valence-corrected chi connectivity index (χ0v) is 11.1. The molecule has 2 rings (SSSR count). The van der Waals surface area contributed by atoms with E-state index < -0.39 is 0 Å². The van der Waals surface area contributed by atoms with Crippen LogP contribution in [-0.4, -0.2) is 5.91 Å². The van der Waals surface area contributed by atoms with Crippen LogP contribution in [-0.2, 0) is 11.3 Å². The van der Waals surface area contributed by atoms with Gasteiger partial charge in [-0.3, -0.25) is 4.79 Å². The molecule has 0 unspecified atom stereocenters. The second-order valence-corrected chi connectivity index (χ2v) is 5.19. The third kappa shape index (κ3) is 3.77. The number of nitrogens with one attached hydrogen (secondary N) is 1. The quantitative estimate of drug-likeness (QED) is 0.824. The minimum atomic E-state index is -0.324. The summed E-state index contributed by atoms with van der Waals surface area (Å²) >= 11 is 0. The monoisotopic (exact) mass is 264 g/mol. The third-order valence-corrected chi connectivity index (χ3v) is 3.76. The maximum atomic E-state index is 13.3. The Morgan fingerprint density at radius 2 is 1.95 bits per heavy atom. The molecule has 3 N–H and O–H groups in total. The van der Waals surface area contributed by atoms with Crippen LogP contribution in [0, 0.1) is 11.7 Å². The number of hydrogen-bond donors (Lipinski definition) is 2. The Hall–Kier alpha value is -1.42. The van der Waals surface area contributed by atoms with Crippen LogP contribution >= 0.6 is 0 Å². The first-order chi connectivity index (χ1) is 9.20. The van der Waals surface area contributed by atoms with Gasteiger partial charge in [0, 0.05) is 23.7 Å². The molecule has 1 aromatic carbocycles. The number of benzene rings is 1. The topological polar surface area (TPSA) is 55.1 Å². The van der Waals surface area contributed by atoms with Gasteiger partial charge in [0.25, 0.3) is 0 Å². The number of halogens is 1. The molecule has 3 nitrogen and oxygen atoms in total. The lowest BCUT2D eigenvalue weighted by atomic mass is 9.99. The molecular weight excluding hydrogens is 243 g/mol. The predicted molar refractivity (Wildman–Crippen MR) is 74.1 cm³/mol. The molecule has 1 saturated carbocycles. The van der Waals surface area contributed by atoms with E-state index in [2.05, 4.69) is 5.32 Å². The number of anilines is 1. The molecule has 1 aliphatic carbocycles. The lowest BCUT2D eigenvalue weighted by Gasteiger charge is -2.14. The Labute approximate surface area is 113 Å². The molecule has 0 heterocycles. The highest BCUT2D eigenvalue weighted by Gasteiger charge is 2.20. The number of rotatable bonds is 3. The molecule has 4 heteroatoms. The number of hydrogen-bond acceptors (Lipinski definition) is 2. The van der Waals surface area contributed by atoms with Gasteiger partial charge in [-0.2, -0.15) is 0 Å². The largest absolute Gasteiger partial charge is 0.326 e. The van der Waals surface area contributed by atoms with Crippen LogP contribution in [0.3, 0.4) is 0 Å². The molecule has 0 saturated heterocycles. The zero-order chi connectivity index (χ0) is 13.7. The van der Waals surface area contributed by atoms with Gasteiger partial charge in [0.1, 0.15) is 5.82 Å². The second-order valence-electron chi connectivity index (χ2n) is 5.19. The summed E-state index contributed by atoms with van der Waals surface area (Å²) in [4.78, 5) is 12.2. The molecule has 0 aromatic heterocycles. The summed E-state index contributed by atoms with van der Waals surface area (Å²) in [5.41, 5.74) is 6.53. The van der Waals surface area contributed by atoms with Crippen molar-refractivity contribution in [3.05, 3.63) is 29.6 Å². The Balaban J connectivity index is 2.01. The minimum Gasteiger partial charge on any atom is -0.326 e. The maximum Gasteiger partial charge on any atom is 0.227 e. The molecule has 0 radical (unpaired) electrons. The fourth-order valence-corrected chi connectivity index (χ4v) is 2.59. The number of carbonyl (C=O) groups is 1. The van der Waals surface area contributed by atoms with Gasteiger partial charge in [0.05, 0.1) is 0 Å². The van der Waals surface area contributed by atoms with E-state index in [-0.39, 0.29) is 24.2 Å². The Bertz CT molecular complexity index is 440. The second kappa shape index (κ2) is 6.66. The van der Waals surface area contributed by atoms with Crippen molar-refractivity contribution < 1.29 is 9.18 Å². The highest BCUT2D eigenvalue weighted by atomic mass is 19.1. The van der Waals surface area contributed by atoms with Gasteiger partial charge in [0.15, 0.2) is 0 Å². The summed E-state index contributed by atoms with van der Waals surface area (Å²) in [6.45, 7) is 0.138. The Morgan fingerprint density at radius 3 is 2.58 bits per heavy atom. The number of nitrogens with two attached hydrogens (primary N) is 1. The predicted octanol–water partition coefficient (Wildman–Crippen LogP) is 3.19. The van der Waals surface area contributed by atoms with Gasteiger partial charge in [-0.25, -0.2) is 4.39 Å². The summed E-state index contributed by atoms with van der Waals surface area (Å²) in [6, 6.07) is 4.55. The van der Waals surface area contributed by atoms with Crippen LogP contribution in [0.1, 0.15) is 44.1 Å². The molecule has 1 fully saturated rings. The lowest BCUT2D eigenvalue weighted by Crippen LogP contribution is -2.22. The molecular formula is C15H21FN2O. The summed E-state index contributed by atoms with van der Waals surface area (Å²) in [6.07, 6.45) is 6.59. The van der Waals surface area contributed by atoms with E-state index in [1.165, 1.54) is 18.9 Å². The van der Waals surface area contributed by atoms with Gasteiger partial charge >= 0.3 is 0 Å². The molecule has 0 bridgehead atoms. The van der Waals surface area contributed by atoms with Crippen LogP contribution in [0.4, 0.5) is 10.1 Å². The Morgan fingerprint density at radius 1 is 1.26 bits per heavy atom. The van der Waals surface area contributed by atoms with Crippen LogP contribution in [0.15, 0.2) is 18.2 Å². The molecule has 0 aliphatic heterocycles. The minimum absolute atomic E-state index is 0.0523. The van der Waals surface area contributed by atoms with E-state index >= 15 is 0 Å². The maximum absolute atomic E-state index is 13.3. The van der Waals surface area contributed by atoms with Crippen molar-refractivity contribution in [2.75, 3.05) is 5.32 Å². The van der Waals surface area contributed by atoms with Crippen molar-refractivity contribution in [3.8, 4) is 0 Å². The average molecular weight is 264 g/mol. The third-order valence-electron chi connectivity index (χ3n) is 3.76. The summed E-state index contributed by atoms with van der Waals surface area (Å²) < 4.78 is 13.3. The molecule has 1 aromatic rings. The molecule has 1 amide bonds. The van der Waals surface area contributed by atoms with Gasteiger partial charge < -0.3 is 11.1 Å². The highest BCUT2D eigenvalue weighted by molar-refractivity contribution is 5.92. The average Bonchev–Trinajstić information content (AvgIpc) is 2.70. The SMILES string of the molecule is NCc1cc(NC(=O)C2CCCCCC2)ccc1F. The van der Waals surface area contributed by atoms with E-state index in [4.69, 9.17) is 5.73 Å². The first-order valence-corrected chi connectivity index (χ1v) is 7.00. The Kier molecular flexibility index (Phi) is 4.91. The molecule has 0 atom stereocenters. The van der Waals surface area contributed by atoms with E-state index in [9.17, 15) is 9.18 Å². The van der Waals surface area contributed by atoms with Crippen molar-refractivity contribution in [2.45, 2.75) is 45.1 Å². The van der Waals surface area contributed by atoms with Crippen LogP contribution in [0.5, 0.6) is 0 Å². The van der Waals surface area contributed by atoms with Crippen molar-refractivity contribution in [3.63, 3.8) is 0 Å². The van der Waals surface area contributed by atoms with E-state index in [0.29, 0.717) is 11.3 Å². The fraction of sp³-hybridized carbons (Fsp3) is 0.533. The van der Waals surface area contributed by atoms with Crippen LogP contribution in [0.25, 0.3) is 0 Å². The molecule has 104 valence electrons. The number of carbonyl (C=O) groups excluding carboxylic acids is 1. The molecule has 1 aliphatic rings.